The summed E-state index contributed by atoms with van der Waals surface area (Å²) in [5, 5.41) is 3.38. The van der Waals surface area contributed by atoms with E-state index >= 15 is 0 Å². The average Bonchev–Trinajstić information content (AvgIpc) is 2.62. The third-order valence-corrected chi connectivity index (χ3v) is 5.85. The highest BCUT2D eigenvalue weighted by atomic mass is 79.9. The fourth-order valence-electron chi connectivity index (χ4n) is 2.98. The monoisotopic (exact) mass is 435 g/mol. The second-order valence-corrected chi connectivity index (χ2v) is 7.66. The van der Waals surface area contributed by atoms with E-state index in [1.807, 2.05) is 18.2 Å². The Kier molecular flexibility index (Phi) is 5.52. The van der Waals surface area contributed by atoms with E-state index in [9.17, 15) is 9.59 Å². The van der Waals surface area contributed by atoms with Gasteiger partial charge in [-0.3, -0.25) is 9.59 Å². The van der Waals surface area contributed by atoms with Crippen LogP contribution in [0.3, 0.4) is 0 Å². The lowest BCUT2D eigenvalue weighted by molar-refractivity contribution is -0.116. The van der Waals surface area contributed by atoms with Crippen LogP contribution in [0.2, 0.25) is 0 Å². The number of methoxy groups -OCH3 is 1. The van der Waals surface area contributed by atoms with Crippen molar-refractivity contribution in [3.05, 3.63) is 56.8 Å². The summed E-state index contributed by atoms with van der Waals surface area (Å²) in [6.07, 6.45) is 1.94. The van der Waals surface area contributed by atoms with Crippen LogP contribution in [0.25, 0.3) is 0 Å². The molecule has 8 heteroatoms. The molecule has 0 radical (unpaired) electrons. The lowest BCUT2D eigenvalue weighted by Gasteiger charge is -2.27. The molecule has 1 amide bonds. The summed E-state index contributed by atoms with van der Waals surface area (Å²) in [4.78, 5) is 29.3. The summed E-state index contributed by atoms with van der Waals surface area (Å²) >= 11 is 4.86. The molecule has 1 aromatic heterocycles. The van der Waals surface area contributed by atoms with Gasteiger partial charge in [-0.2, -0.15) is 4.98 Å². The number of halogens is 1. The Morgan fingerprint density at radius 1 is 1.50 bits per heavy atom. The van der Waals surface area contributed by atoms with Gasteiger partial charge in [-0.1, -0.05) is 23.9 Å². The molecule has 1 aromatic carbocycles. The molecule has 1 atom stereocenters. The van der Waals surface area contributed by atoms with Crippen LogP contribution >= 0.6 is 27.7 Å². The molecule has 26 heavy (non-hydrogen) atoms. The molecule has 3 rings (SSSR count). The normalized spacial score (nSPS) is 16.0. The van der Waals surface area contributed by atoms with E-state index in [-0.39, 0.29) is 23.8 Å². The number of rotatable bonds is 5. The smallest absolute Gasteiger partial charge is 0.279 e. The Bertz CT molecular complexity index is 942. The average molecular weight is 436 g/mol. The van der Waals surface area contributed by atoms with Crippen molar-refractivity contribution in [1.82, 2.24) is 9.55 Å². The van der Waals surface area contributed by atoms with Crippen molar-refractivity contribution >= 4 is 39.4 Å². The lowest BCUT2D eigenvalue weighted by atomic mass is 9.87. The molecular weight excluding hydrogens is 418 g/mol. The number of carbonyl (C=O) groups is 1. The van der Waals surface area contributed by atoms with Crippen LogP contribution in [0.15, 0.2) is 45.3 Å². The summed E-state index contributed by atoms with van der Waals surface area (Å²) in [5.41, 5.74) is 1.05. The number of carbonyl (C=O) groups excluding carboxylic acids is 1. The molecule has 136 valence electrons. The first-order chi connectivity index (χ1) is 12.5. The molecule has 0 saturated heterocycles. The third-order valence-electron chi connectivity index (χ3n) is 4.21. The van der Waals surface area contributed by atoms with Gasteiger partial charge in [0.1, 0.15) is 11.6 Å². The number of fused-ring (bicyclic) bond motifs is 1. The first-order valence-electron chi connectivity index (χ1n) is 7.94. The minimum absolute atomic E-state index is 0.129. The number of ether oxygens (including phenoxy) is 1. The second-order valence-electron chi connectivity index (χ2n) is 5.82. The van der Waals surface area contributed by atoms with Crippen LogP contribution in [-0.2, 0) is 11.8 Å². The number of aromatic nitrogens is 2. The fraction of sp³-hybridized carbons (Fsp3) is 0.278. The minimum Gasteiger partial charge on any atom is -0.496 e. The fourth-order valence-corrected chi connectivity index (χ4v) is 4.24. The van der Waals surface area contributed by atoms with Crippen LogP contribution in [0.5, 0.6) is 5.75 Å². The highest BCUT2D eigenvalue weighted by Crippen LogP contribution is 2.38. The molecule has 1 N–H and O–H groups in total. The predicted molar refractivity (Wildman–Crippen MR) is 106 cm³/mol. The van der Waals surface area contributed by atoms with E-state index in [1.54, 1.807) is 24.8 Å². The van der Waals surface area contributed by atoms with E-state index in [4.69, 9.17) is 4.74 Å². The van der Waals surface area contributed by atoms with Crippen molar-refractivity contribution < 1.29 is 9.53 Å². The Morgan fingerprint density at radius 2 is 2.27 bits per heavy atom. The maximum atomic E-state index is 12.7. The first kappa shape index (κ1) is 18.7. The zero-order valence-corrected chi connectivity index (χ0v) is 16.8. The van der Waals surface area contributed by atoms with E-state index < -0.39 is 0 Å². The number of benzene rings is 1. The van der Waals surface area contributed by atoms with Crippen LogP contribution in [0.1, 0.15) is 23.5 Å². The Labute approximate surface area is 163 Å². The number of hydrogen-bond donors (Lipinski definition) is 1. The number of amides is 1. The van der Waals surface area contributed by atoms with Gasteiger partial charge in [0.2, 0.25) is 5.91 Å². The quantitative estimate of drug-likeness (QED) is 0.443. The third kappa shape index (κ3) is 3.43. The molecular formula is C18H18BrN3O3S. The topological polar surface area (TPSA) is 73.2 Å². The highest BCUT2D eigenvalue weighted by molar-refractivity contribution is 9.10. The summed E-state index contributed by atoms with van der Waals surface area (Å²) in [6, 6.07) is 5.57. The summed E-state index contributed by atoms with van der Waals surface area (Å²) < 4.78 is 7.79. The minimum atomic E-state index is -0.356. The molecule has 0 fully saturated rings. The van der Waals surface area contributed by atoms with Gasteiger partial charge in [0.15, 0.2) is 5.16 Å². The van der Waals surface area contributed by atoms with E-state index in [0.717, 1.165) is 10.0 Å². The maximum Gasteiger partial charge on any atom is 0.279 e. The van der Waals surface area contributed by atoms with Gasteiger partial charge < -0.3 is 14.6 Å². The van der Waals surface area contributed by atoms with Gasteiger partial charge in [0, 0.05) is 25.1 Å². The molecule has 0 spiro atoms. The molecule has 6 nitrogen and oxygen atoms in total. The van der Waals surface area contributed by atoms with Gasteiger partial charge in [0.25, 0.3) is 5.56 Å². The Morgan fingerprint density at radius 3 is 2.92 bits per heavy atom. The van der Waals surface area contributed by atoms with E-state index in [0.29, 0.717) is 28.0 Å². The lowest BCUT2D eigenvalue weighted by Crippen LogP contribution is -2.33. The number of nitrogens with zero attached hydrogens (tertiary/aromatic N) is 2. The molecule has 1 aliphatic heterocycles. The number of thioether (sulfide) groups is 1. The van der Waals surface area contributed by atoms with Gasteiger partial charge in [-0.25, -0.2) is 0 Å². The molecule has 2 aromatic rings. The largest absolute Gasteiger partial charge is 0.496 e. The molecule has 0 aliphatic carbocycles. The van der Waals surface area contributed by atoms with E-state index in [2.05, 4.69) is 32.8 Å². The number of nitrogens with one attached hydrogen (secondary N) is 1. The highest BCUT2D eigenvalue weighted by Gasteiger charge is 2.32. The Hall–Kier alpha value is -2.06. The van der Waals surface area contributed by atoms with Crippen molar-refractivity contribution in [3.63, 3.8) is 0 Å². The van der Waals surface area contributed by atoms with Gasteiger partial charge in [-0.15, -0.1) is 6.58 Å². The SMILES string of the molecule is C=CCSc1nc(=O)c2c(n1C)NC(=O)CC2c1ccc(OC)c(Br)c1. The first-order valence-corrected chi connectivity index (χ1v) is 9.72. The summed E-state index contributed by atoms with van der Waals surface area (Å²) in [6.45, 7) is 3.68. The molecule has 2 heterocycles. The van der Waals surface area contributed by atoms with Gasteiger partial charge >= 0.3 is 0 Å². The van der Waals surface area contributed by atoms with Crippen molar-refractivity contribution in [2.24, 2.45) is 7.05 Å². The summed E-state index contributed by atoms with van der Waals surface area (Å²) in [5.74, 6) is 1.34. The van der Waals surface area contributed by atoms with E-state index in [1.165, 1.54) is 11.8 Å². The Balaban J connectivity index is 2.13. The van der Waals surface area contributed by atoms with Crippen LogP contribution < -0.4 is 15.6 Å². The number of hydrogen-bond acceptors (Lipinski definition) is 5. The second kappa shape index (κ2) is 7.67. The standard InChI is InChI=1S/C18H18BrN3O3S/c1-4-7-26-18-21-17(24)15-11(9-14(23)20-16(15)22(18)2)10-5-6-13(25-3)12(19)8-10/h4-6,8,11H,1,7,9H2,2-3H3,(H,20,23). The maximum absolute atomic E-state index is 12.7. The van der Waals surface area contributed by atoms with Gasteiger partial charge in [-0.05, 0) is 33.6 Å². The molecule has 1 aliphatic rings. The van der Waals surface area contributed by atoms with Crippen LogP contribution in [0, 0.1) is 0 Å². The van der Waals surface area contributed by atoms with Crippen LogP contribution in [-0.4, -0.2) is 28.3 Å². The van der Waals surface area contributed by atoms with Crippen molar-refractivity contribution in [1.29, 1.82) is 0 Å². The summed E-state index contributed by atoms with van der Waals surface area (Å²) in [7, 11) is 3.38. The molecule has 1 unspecified atom stereocenters. The van der Waals surface area contributed by atoms with Crippen molar-refractivity contribution in [3.8, 4) is 5.75 Å². The van der Waals surface area contributed by atoms with Gasteiger partial charge in [0.05, 0.1) is 17.1 Å². The molecule has 0 bridgehead atoms. The van der Waals surface area contributed by atoms with Crippen molar-refractivity contribution in [2.75, 3.05) is 18.2 Å². The van der Waals surface area contributed by atoms with Crippen LogP contribution in [0.4, 0.5) is 5.82 Å². The zero-order chi connectivity index (χ0) is 18.8. The number of anilines is 1. The zero-order valence-electron chi connectivity index (χ0n) is 14.4. The molecule has 0 saturated carbocycles. The van der Waals surface area contributed by atoms with Crippen molar-refractivity contribution in [2.45, 2.75) is 17.5 Å². The predicted octanol–water partition coefficient (Wildman–Crippen LogP) is 3.30.